The summed E-state index contributed by atoms with van der Waals surface area (Å²) in [5.74, 6) is 0.907. The van der Waals surface area contributed by atoms with Crippen LogP contribution in [0.15, 0.2) is 4.79 Å². The van der Waals surface area contributed by atoms with Crippen molar-refractivity contribution in [1.29, 1.82) is 0 Å². The van der Waals surface area contributed by atoms with Crippen LogP contribution in [0.5, 0.6) is 6.01 Å². The maximum absolute atomic E-state index is 12.4. The quantitative estimate of drug-likeness (QED) is 0.652. The first-order valence-corrected chi connectivity index (χ1v) is 10.2. The third-order valence-electron chi connectivity index (χ3n) is 5.37. The molecule has 0 unspecified atom stereocenters. The van der Waals surface area contributed by atoms with E-state index in [-0.39, 0.29) is 17.5 Å². The second kappa shape index (κ2) is 9.21. The molecule has 27 heavy (non-hydrogen) atoms. The molecule has 0 aliphatic carbocycles. The third kappa shape index (κ3) is 4.80. The number of aromatic amines is 1. The van der Waals surface area contributed by atoms with Crippen molar-refractivity contribution in [1.82, 2.24) is 24.4 Å². The number of nitrogen functional groups attached to an aromatic ring is 1. The van der Waals surface area contributed by atoms with Gasteiger partial charge in [0.25, 0.3) is 0 Å². The molecule has 1 aliphatic rings. The van der Waals surface area contributed by atoms with Crippen LogP contribution in [0.2, 0.25) is 0 Å². The van der Waals surface area contributed by atoms with E-state index in [1.54, 1.807) is 4.57 Å². The van der Waals surface area contributed by atoms with Crippen LogP contribution in [0.4, 0.5) is 5.82 Å². The van der Waals surface area contributed by atoms with Crippen molar-refractivity contribution in [3.05, 3.63) is 10.5 Å². The molecule has 0 bridgehead atoms. The highest BCUT2D eigenvalue weighted by Crippen LogP contribution is 2.23. The van der Waals surface area contributed by atoms with Gasteiger partial charge in [0.15, 0.2) is 11.5 Å². The van der Waals surface area contributed by atoms with Gasteiger partial charge in [-0.3, -0.25) is 4.57 Å². The maximum Gasteiger partial charge on any atom is 0.327 e. The van der Waals surface area contributed by atoms with E-state index in [1.807, 2.05) is 0 Å². The lowest BCUT2D eigenvalue weighted by molar-refractivity contribution is 0.176. The van der Waals surface area contributed by atoms with Crippen LogP contribution in [0.3, 0.4) is 0 Å². The number of ether oxygens (including phenoxy) is 1. The minimum absolute atomic E-state index is 0.180. The second-order valence-corrected chi connectivity index (χ2v) is 7.45. The van der Waals surface area contributed by atoms with Crippen molar-refractivity contribution in [3.63, 3.8) is 0 Å². The number of nitrogens with two attached hydrogens (primary N) is 1. The molecule has 1 fully saturated rings. The summed E-state index contributed by atoms with van der Waals surface area (Å²) in [4.78, 5) is 26.3. The molecule has 1 aliphatic heterocycles. The number of imidazole rings is 1. The van der Waals surface area contributed by atoms with Crippen LogP contribution < -0.4 is 16.2 Å². The number of unbranched alkanes of at least 4 members (excludes halogenated alkanes) is 1. The van der Waals surface area contributed by atoms with E-state index in [0.717, 1.165) is 32.4 Å². The van der Waals surface area contributed by atoms with Gasteiger partial charge in [-0.2, -0.15) is 9.97 Å². The first-order chi connectivity index (χ1) is 13.1. The second-order valence-electron chi connectivity index (χ2n) is 7.45. The molecular formula is C19H32N6O2. The molecule has 8 nitrogen and oxygen atoms in total. The molecular weight excluding hydrogens is 344 g/mol. The largest absolute Gasteiger partial charge is 0.463 e. The molecule has 3 rings (SSSR count). The van der Waals surface area contributed by atoms with Gasteiger partial charge >= 0.3 is 11.7 Å². The smallest absolute Gasteiger partial charge is 0.327 e. The minimum atomic E-state index is -0.180. The lowest BCUT2D eigenvalue weighted by Crippen LogP contribution is -2.34. The maximum atomic E-state index is 12.4. The number of aromatic nitrogens is 4. The topological polar surface area (TPSA) is 102 Å². The Morgan fingerprint density at radius 3 is 2.67 bits per heavy atom. The molecule has 0 aromatic carbocycles. The highest BCUT2D eigenvalue weighted by Gasteiger charge is 2.20. The van der Waals surface area contributed by atoms with Gasteiger partial charge in [-0.05, 0) is 57.7 Å². The Balaban J connectivity index is 1.68. The summed E-state index contributed by atoms with van der Waals surface area (Å²) in [6, 6.07) is 0.245. The van der Waals surface area contributed by atoms with Crippen molar-refractivity contribution >= 4 is 17.0 Å². The molecule has 2 aromatic rings. The lowest BCUT2D eigenvalue weighted by atomic mass is 9.93. The Bertz CT molecular complexity index is 791. The number of anilines is 1. The van der Waals surface area contributed by atoms with Gasteiger partial charge in [-0.15, -0.1) is 0 Å². The molecule has 0 atom stereocenters. The number of fused-ring (bicyclic) bond motifs is 1. The van der Waals surface area contributed by atoms with Crippen LogP contribution in [0.25, 0.3) is 11.2 Å². The summed E-state index contributed by atoms with van der Waals surface area (Å²) in [7, 11) is 0. The van der Waals surface area contributed by atoms with Crippen molar-refractivity contribution in [2.45, 2.75) is 58.9 Å². The average Bonchev–Trinajstić information content (AvgIpc) is 2.98. The number of hydrogen-bond donors (Lipinski definition) is 2. The predicted molar refractivity (Wildman–Crippen MR) is 107 cm³/mol. The zero-order chi connectivity index (χ0) is 19.2. The molecule has 0 amide bonds. The third-order valence-corrected chi connectivity index (χ3v) is 5.37. The molecule has 150 valence electrons. The fraction of sp³-hybridized carbons (Fsp3) is 0.737. The first kappa shape index (κ1) is 19.7. The molecule has 3 heterocycles. The van der Waals surface area contributed by atoms with Crippen molar-refractivity contribution in [3.8, 4) is 6.01 Å². The number of H-pyrrole nitrogens is 1. The number of nitrogens with zero attached hydrogens (tertiary/aromatic N) is 4. The summed E-state index contributed by atoms with van der Waals surface area (Å²) in [6.45, 7) is 9.01. The zero-order valence-electron chi connectivity index (χ0n) is 16.5. The van der Waals surface area contributed by atoms with Gasteiger partial charge in [0.2, 0.25) is 0 Å². The van der Waals surface area contributed by atoms with Crippen LogP contribution in [0, 0.1) is 5.92 Å². The van der Waals surface area contributed by atoms with Crippen molar-refractivity contribution in [2.24, 2.45) is 5.92 Å². The predicted octanol–water partition coefficient (Wildman–Crippen LogP) is 2.39. The molecule has 1 saturated heterocycles. The van der Waals surface area contributed by atoms with E-state index in [1.165, 1.54) is 25.8 Å². The molecule has 2 aromatic heterocycles. The van der Waals surface area contributed by atoms with E-state index in [4.69, 9.17) is 10.5 Å². The van der Waals surface area contributed by atoms with Gasteiger partial charge < -0.3 is 20.4 Å². The van der Waals surface area contributed by atoms with Crippen LogP contribution >= 0.6 is 0 Å². The summed E-state index contributed by atoms with van der Waals surface area (Å²) < 4.78 is 7.27. The number of nitrogens with one attached hydrogen (secondary N) is 1. The number of likely N-dealkylation sites (tertiary alicyclic amines) is 1. The molecule has 0 radical (unpaired) electrons. The molecule has 3 N–H and O–H groups in total. The fourth-order valence-electron chi connectivity index (χ4n) is 3.74. The van der Waals surface area contributed by atoms with Crippen molar-refractivity contribution in [2.75, 3.05) is 32.0 Å². The van der Waals surface area contributed by atoms with Crippen molar-refractivity contribution < 1.29 is 4.74 Å². The Morgan fingerprint density at radius 2 is 1.96 bits per heavy atom. The van der Waals surface area contributed by atoms with E-state index < -0.39 is 0 Å². The molecule has 0 saturated carbocycles. The molecule has 0 spiro atoms. The summed E-state index contributed by atoms with van der Waals surface area (Å²) in [5, 5.41) is 0. The monoisotopic (exact) mass is 376 g/mol. The first-order valence-electron chi connectivity index (χ1n) is 10.2. The standard InChI is InChI=1S/C19H32N6O2/c1-3-5-13-27-18-22-16(20)15-17(23-18)25(19(26)21-15)12-8-14-6-10-24(9-4-2)11-7-14/h14H,3-13H2,1-2H3,(H,21,26)(H2,20,22,23). The summed E-state index contributed by atoms with van der Waals surface area (Å²) in [5.41, 5.74) is 6.87. The van der Waals surface area contributed by atoms with Gasteiger partial charge in [-0.1, -0.05) is 20.3 Å². The SMILES string of the molecule is CCCCOc1nc(N)c2[nH]c(=O)n(CCC3CCN(CCC)CC3)c2n1. The molecule has 8 heteroatoms. The average molecular weight is 377 g/mol. The van der Waals surface area contributed by atoms with E-state index >= 15 is 0 Å². The highest BCUT2D eigenvalue weighted by molar-refractivity contribution is 5.81. The number of piperidine rings is 1. The van der Waals surface area contributed by atoms with E-state index in [0.29, 0.717) is 30.2 Å². The van der Waals surface area contributed by atoms with Gasteiger partial charge in [0.05, 0.1) is 6.61 Å². The van der Waals surface area contributed by atoms with E-state index in [9.17, 15) is 4.79 Å². The number of aryl methyl sites for hydroxylation is 1. The number of rotatable bonds is 9. The summed E-state index contributed by atoms with van der Waals surface area (Å²) in [6.07, 6.45) is 6.53. The Morgan fingerprint density at radius 1 is 1.19 bits per heavy atom. The summed E-state index contributed by atoms with van der Waals surface area (Å²) >= 11 is 0. The lowest BCUT2D eigenvalue weighted by Gasteiger charge is -2.31. The minimum Gasteiger partial charge on any atom is -0.463 e. The van der Waals surface area contributed by atoms with E-state index in [2.05, 4.69) is 33.7 Å². The van der Waals surface area contributed by atoms with Crippen LogP contribution in [-0.2, 0) is 6.54 Å². The van der Waals surface area contributed by atoms with Gasteiger partial charge in [-0.25, -0.2) is 4.79 Å². The van der Waals surface area contributed by atoms with Crippen LogP contribution in [0.1, 0.15) is 52.4 Å². The normalized spacial score (nSPS) is 16.2. The van der Waals surface area contributed by atoms with Crippen LogP contribution in [-0.4, -0.2) is 50.7 Å². The fourth-order valence-corrected chi connectivity index (χ4v) is 3.74. The zero-order valence-corrected chi connectivity index (χ0v) is 16.5. The Hall–Kier alpha value is -2.09. The number of hydrogen-bond acceptors (Lipinski definition) is 6. The Labute approximate surface area is 160 Å². The highest BCUT2D eigenvalue weighted by atomic mass is 16.5. The Kier molecular flexibility index (Phi) is 6.71. The van der Waals surface area contributed by atoms with Gasteiger partial charge in [0.1, 0.15) is 5.52 Å². The van der Waals surface area contributed by atoms with Gasteiger partial charge in [0, 0.05) is 6.54 Å².